The van der Waals surface area contributed by atoms with Crippen LogP contribution in [0.2, 0.25) is 5.02 Å². The summed E-state index contributed by atoms with van der Waals surface area (Å²) in [7, 11) is -4.42. The molecule has 0 fully saturated rings. The van der Waals surface area contributed by atoms with Crippen molar-refractivity contribution < 1.29 is 26.4 Å². The highest BCUT2D eigenvalue weighted by molar-refractivity contribution is 7.92. The van der Waals surface area contributed by atoms with Crippen LogP contribution in [0.15, 0.2) is 65.6 Å². The van der Waals surface area contributed by atoms with Gasteiger partial charge in [-0.2, -0.15) is 0 Å². The van der Waals surface area contributed by atoms with Crippen LogP contribution in [0.3, 0.4) is 0 Å². The van der Waals surface area contributed by atoms with E-state index in [4.69, 9.17) is 23.2 Å². The summed E-state index contributed by atoms with van der Waals surface area (Å²) in [5.41, 5.74) is 0.275. The highest BCUT2D eigenvalue weighted by atomic mass is 35.5. The predicted octanol–water partition coefficient (Wildman–Crippen LogP) is 6.80. The maximum atomic E-state index is 14.9. The topological polar surface area (TPSA) is 54.5 Å². The quantitative estimate of drug-likeness (QED) is 0.286. The zero-order chi connectivity index (χ0) is 25.0. The number of anilines is 1. The van der Waals surface area contributed by atoms with Gasteiger partial charge in [0.25, 0.3) is 10.0 Å². The molecular weight excluding hydrogens is 510 g/mol. The third-order valence-corrected chi connectivity index (χ3v) is 7.58. The Morgan fingerprint density at radius 2 is 1.59 bits per heavy atom. The number of carbonyl (C=O) groups is 1. The molecule has 0 aliphatic rings. The molecule has 0 aliphatic heterocycles. The number of nitrogens with zero attached hydrogens (tertiary/aromatic N) is 1. The fourth-order valence-electron chi connectivity index (χ4n) is 3.66. The maximum Gasteiger partial charge on any atom is 0.264 e. The minimum absolute atomic E-state index is 0.0389. The van der Waals surface area contributed by atoms with Gasteiger partial charge < -0.3 is 0 Å². The molecule has 180 valence electrons. The molecule has 0 bridgehead atoms. The molecule has 0 spiro atoms. The van der Waals surface area contributed by atoms with E-state index in [1.807, 2.05) is 0 Å². The molecule has 0 aliphatic carbocycles. The molecule has 4 nitrogen and oxygen atoms in total. The summed E-state index contributed by atoms with van der Waals surface area (Å²) in [6.45, 7) is 1.49. The number of carbonyl (C=O) groups excluding carboxylic acids is 1. The van der Waals surface area contributed by atoms with E-state index in [1.54, 1.807) is 0 Å². The second-order valence-electron chi connectivity index (χ2n) is 7.58. The molecule has 34 heavy (non-hydrogen) atoms. The Morgan fingerprint density at radius 1 is 0.971 bits per heavy atom. The fourth-order valence-corrected chi connectivity index (χ4v) is 5.56. The molecule has 1 unspecified atom stereocenters. The minimum Gasteiger partial charge on any atom is -0.281 e. The Kier molecular flexibility index (Phi) is 8.28. The molecule has 3 aromatic carbocycles. The lowest BCUT2D eigenvalue weighted by atomic mass is 9.97. The number of aryl methyl sites for hydroxylation is 1. The van der Waals surface area contributed by atoms with E-state index in [1.165, 1.54) is 43.3 Å². The molecule has 3 aromatic rings. The van der Waals surface area contributed by atoms with E-state index < -0.39 is 44.4 Å². The zero-order valence-corrected chi connectivity index (χ0v) is 20.3. The van der Waals surface area contributed by atoms with Crippen LogP contribution in [0, 0.1) is 17.5 Å². The summed E-state index contributed by atoms with van der Waals surface area (Å²) < 4.78 is 71.1. The summed E-state index contributed by atoms with van der Waals surface area (Å²) in [5, 5.41) is -0.259. The van der Waals surface area contributed by atoms with Crippen molar-refractivity contribution in [1.82, 2.24) is 0 Å². The number of hydrogen-bond acceptors (Lipinski definition) is 3. The maximum absolute atomic E-state index is 14.9. The summed E-state index contributed by atoms with van der Waals surface area (Å²) in [6, 6.07) is 10.4. The van der Waals surface area contributed by atoms with Crippen molar-refractivity contribution >= 4 is 44.2 Å². The molecule has 0 saturated carbocycles. The summed E-state index contributed by atoms with van der Waals surface area (Å²) >= 11 is 11.3. The number of hydrogen-bond donors (Lipinski definition) is 0. The smallest absolute Gasteiger partial charge is 0.264 e. The Balaban J connectivity index is 2.17. The first-order valence-electron chi connectivity index (χ1n) is 10.2. The highest BCUT2D eigenvalue weighted by Crippen LogP contribution is 2.37. The lowest BCUT2D eigenvalue weighted by Crippen LogP contribution is -2.35. The Labute approximate surface area is 206 Å². The van der Waals surface area contributed by atoms with Crippen molar-refractivity contribution in [2.24, 2.45) is 0 Å². The Hall–Kier alpha value is -2.55. The third-order valence-electron chi connectivity index (χ3n) is 5.24. The molecule has 0 amide bonds. The number of sulfonamides is 1. The average molecular weight is 530 g/mol. The first kappa shape index (κ1) is 26.1. The van der Waals surface area contributed by atoms with Gasteiger partial charge in [-0.05, 0) is 91.0 Å². The fraction of sp³-hybridized carbons (Fsp3) is 0.208. The van der Waals surface area contributed by atoms with Crippen LogP contribution in [-0.2, 0) is 21.2 Å². The first-order chi connectivity index (χ1) is 16.0. The second-order valence-corrected chi connectivity index (χ2v) is 10.3. The van der Waals surface area contributed by atoms with Gasteiger partial charge in [-0.15, -0.1) is 0 Å². The van der Waals surface area contributed by atoms with Gasteiger partial charge in [0.15, 0.2) is 0 Å². The van der Waals surface area contributed by atoms with E-state index in [2.05, 4.69) is 0 Å². The van der Waals surface area contributed by atoms with E-state index >= 15 is 0 Å². The van der Waals surface area contributed by atoms with Crippen molar-refractivity contribution in [2.75, 3.05) is 4.31 Å². The van der Waals surface area contributed by atoms with E-state index in [0.29, 0.717) is 22.6 Å². The van der Waals surface area contributed by atoms with Crippen molar-refractivity contribution in [3.63, 3.8) is 0 Å². The van der Waals surface area contributed by atoms with Gasteiger partial charge in [-0.25, -0.2) is 21.6 Å². The van der Waals surface area contributed by atoms with Crippen LogP contribution in [0.5, 0.6) is 0 Å². The predicted molar refractivity (Wildman–Crippen MR) is 126 cm³/mol. The van der Waals surface area contributed by atoms with Gasteiger partial charge in [0, 0.05) is 17.5 Å². The number of benzene rings is 3. The lowest BCUT2D eigenvalue weighted by Gasteiger charge is -2.32. The van der Waals surface area contributed by atoms with Gasteiger partial charge in [0.1, 0.15) is 17.5 Å². The van der Waals surface area contributed by atoms with Crippen LogP contribution >= 0.6 is 23.2 Å². The molecule has 0 aromatic heterocycles. The largest absolute Gasteiger partial charge is 0.281 e. The lowest BCUT2D eigenvalue weighted by molar-refractivity contribution is -0.111. The van der Waals surface area contributed by atoms with Crippen LogP contribution in [0.1, 0.15) is 36.9 Å². The number of halogens is 5. The summed E-state index contributed by atoms with van der Waals surface area (Å²) in [6.07, 6.45) is 0.553. The number of rotatable bonds is 9. The molecule has 10 heteroatoms. The highest BCUT2D eigenvalue weighted by Gasteiger charge is 2.33. The molecule has 0 heterocycles. The second kappa shape index (κ2) is 10.8. The van der Waals surface area contributed by atoms with E-state index in [0.717, 1.165) is 28.6 Å². The average Bonchev–Trinajstić information content (AvgIpc) is 2.76. The normalized spacial score (nSPS) is 12.4. The Morgan fingerprint density at radius 3 is 2.24 bits per heavy atom. The minimum atomic E-state index is -4.42. The van der Waals surface area contributed by atoms with E-state index in [-0.39, 0.29) is 17.7 Å². The molecule has 1 atom stereocenters. The summed E-state index contributed by atoms with van der Waals surface area (Å²) in [4.78, 5) is 10.9. The van der Waals surface area contributed by atoms with Crippen molar-refractivity contribution in [1.29, 1.82) is 0 Å². The van der Waals surface area contributed by atoms with Gasteiger partial charge in [0.2, 0.25) is 5.24 Å². The van der Waals surface area contributed by atoms with Crippen LogP contribution < -0.4 is 4.31 Å². The van der Waals surface area contributed by atoms with Crippen LogP contribution in [0.25, 0.3) is 0 Å². The van der Waals surface area contributed by atoms with Crippen LogP contribution in [0.4, 0.5) is 18.9 Å². The van der Waals surface area contributed by atoms with Gasteiger partial charge in [0.05, 0.1) is 16.6 Å². The zero-order valence-electron chi connectivity index (χ0n) is 17.9. The van der Waals surface area contributed by atoms with Crippen LogP contribution in [-0.4, -0.2) is 13.7 Å². The van der Waals surface area contributed by atoms with E-state index in [9.17, 15) is 26.4 Å². The molecule has 0 saturated heterocycles. The van der Waals surface area contributed by atoms with Gasteiger partial charge in [-0.3, -0.25) is 9.10 Å². The Bertz CT molecular complexity index is 1300. The standard InChI is InChI=1S/C24H20Cl2F3NO3S/c1-15(21-11-7-18(27)13-16(21)3-2-4-24(26)31)30(23-14-19(28)8-12-22(23)29)34(32,33)20-9-5-17(25)6-10-20/h5-15H,2-4H2,1H3. The first-order valence-corrected chi connectivity index (χ1v) is 12.4. The SMILES string of the molecule is CC(c1ccc(F)cc1CCCC(=O)Cl)N(c1cc(F)ccc1F)S(=O)(=O)c1ccc(Cl)cc1. The van der Waals surface area contributed by atoms with Crippen molar-refractivity contribution in [2.45, 2.75) is 37.1 Å². The molecular formula is C24H20Cl2F3NO3S. The molecule has 3 rings (SSSR count). The van der Waals surface area contributed by atoms with Gasteiger partial charge >= 0.3 is 0 Å². The monoisotopic (exact) mass is 529 g/mol. The van der Waals surface area contributed by atoms with Crippen molar-refractivity contribution in [3.8, 4) is 0 Å². The van der Waals surface area contributed by atoms with Crippen molar-refractivity contribution in [3.05, 3.63) is 94.3 Å². The molecule has 0 N–H and O–H groups in total. The molecule has 0 radical (unpaired) electrons. The summed E-state index contributed by atoms with van der Waals surface area (Å²) in [5.74, 6) is -2.35. The third kappa shape index (κ3) is 5.92. The van der Waals surface area contributed by atoms with Gasteiger partial charge in [-0.1, -0.05) is 17.7 Å².